The fraction of sp³-hybridized carbons (Fsp3) is 0.273. The summed E-state index contributed by atoms with van der Waals surface area (Å²) in [4.78, 5) is 18.3. The molecule has 3 nitrogen and oxygen atoms in total. The number of carbonyl (C=O) groups is 1. The maximum Gasteiger partial charge on any atom is 0.253 e. The van der Waals surface area contributed by atoms with Gasteiger partial charge in [-0.2, -0.15) is 0 Å². The standard InChI is InChI=1S/C22H24N2OS2/c1-4-5-11-19(26-3)15-24-21(25)20-12-6-7-13-23-22(20)27-16-18-10-8-9-17(2)14-18/h1,7-14H,5-6,15-16H2,2-3H3,(H,24,25)/b19-11-. The Morgan fingerprint density at radius 1 is 1.44 bits per heavy atom. The second kappa shape index (κ2) is 11.5. The first-order chi connectivity index (χ1) is 13.1. The SMILES string of the molecule is C#CC/C=C(/CNC(=O)C1=CCC=CN=C1SCc1cccc(C)c1)SC. The van der Waals surface area contributed by atoms with Gasteiger partial charge in [-0.05, 0) is 25.2 Å². The molecule has 27 heavy (non-hydrogen) atoms. The second-order valence-corrected chi connectivity index (χ2v) is 7.81. The summed E-state index contributed by atoms with van der Waals surface area (Å²) < 4.78 is 0. The van der Waals surface area contributed by atoms with Gasteiger partial charge >= 0.3 is 0 Å². The van der Waals surface area contributed by atoms with Crippen molar-refractivity contribution in [3.8, 4) is 12.3 Å². The van der Waals surface area contributed by atoms with E-state index in [0.717, 1.165) is 15.7 Å². The van der Waals surface area contributed by atoms with Crippen LogP contribution in [0.4, 0.5) is 0 Å². The Balaban J connectivity index is 2.03. The van der Waals surface area contributed by atoms with Gasteiger partial charge in [0.2, 0.25) is 0 Å². The summed E-state index contributed by atoms with van der Waals surface area (Å²) in [6.45, 7) is 2.55. The second-order valence-electron chi connectivity index (χ2n) is 5.92. The Kier molecular flexibility index (Phi) is 9.03. The number of rotatable bonds is 7. The molecule has 0 aromatic heterocycles. The van der Waals surface area contributed by atoms with E-state index in [1.54, 1.807) is 29.7 Å². The molecule has 0 spiro atoms. The first-order valence-electron chi connectivity index (χ1n) is 8.70. The minimum atomic E-state index is -0.102. The Morgan fingerprint density at radius 2 is 2.30 bits per heavy atom. The predicted octanol–water partition coefficient (Wildman–Crippen LogP) is 4.86. The topological polar surface area (TPSA) is 41.5 Å². The van der Waals surface area contributed by atoms with E-state index in [2.05, 4.69) is 47.4 Å². The molecule has 0 aliphatic carbocycles. The molecule has 1 amide bonds. The number of nitrogens with zero attached hydrogens (tertiary/aromatic N) is 1. The zero-order valence-corrected chi connectivity index (χ0v) is 17.3. The van der Waals surface area contributed by atoms with Crippen molar-refractivity contribution in [2.75, 3.05) is 12.8 Å². The average Bonchev–Trinajstić information content (AvgIpc) is 2.92. The molecule has 2 rings (SSSR count). The summed E-state index contributed by atoms with van der Waals surface area (Å²) in [7, 11) is 0. The number of amides is 1. The number of benzene rings is 1. The van der Waals surface area contributed by atoms with E-state index >= 15 is 0 Å². The van der Waals surface area contributed by atoms with E-state index in [9.17, 15) is 4.79 Å². The van der Waals surface area contributed by atoms with Crippen molar-refractivity contribution in [3.05, 3.63) is 70.3 Å². The zero-order chi connectivity index (χ0) is 19.5. The molecule has 1 aliphatic heterocycles. The van der Waals surface area contributed by atoms with Crippen LogP contribution < -0.4 is 5.32 Å². The largest absolute Gasteiger partial charge is 0.347 e. The predicted molar refractivity (Wildman–Crippen MR) is 120 cm³/mol. The Morgan fingerprint density at radius 3 is 3.04 bits per heavy atom. The number of thioether (sulfide) groups is 2. The number of aliphatic imine (C=N–C) groups is 1. The van der Waals surface area contributed by atoms with Crippen LogP contribution in [0.3, 0.4) is 0 Å². The van der Waals surface area contributed by atoms with Crippen molar-refractivity contribution in [1.29, 1.82) is 0 Å². The van der Waals surface area contributed by atoms with Crippen LogP contribution in [-0.2, 0) is 10.5 Å². The molecule has 0 bridgehead atoms. The van der Waals surface area contributed by atoms with E-state index in [1.165, 1.54) is 11.1 Å². The molecule has 0 atom stereocenters. The summed E-state index contributed by atoms with van der Waals surface area (Å²) in [6.07, 6.45) is 16.2. The molecular formula is C22H24N2OS2. The molecule has 1 aliphatic rings. The van der Waals surface area contributed by atoms with Crippen LogP contribution in [0.25, 0.3) is 0 Å². The highest BCUT2D eigenvalue weighted by molar-refractivity contribution is 8.13. The fourth-order valence-electron chi connectivity index (χ4n) is 2.45. The van der Waals surface area contributed by atoms with Gasteiger partial charge in [0.25, 0.3) is 5.91 Å². The van der Waals surface area contributed by atoms with Gasteiger partial charge in [0.05, 0.1) is 5.57 Å². The van der Waals surface area contributed by atoms with Crippen molar-refractivity contribution in [2.45, 2.75) is 25.5 Å². The third-order valence-electron chi connectivity index (χ3n) is 3.82. The lowest BCUT2D eigenvalue weighted by Gasteiger charge is -2.12. The number of hydrogen-bond acceptors (Lipinski definition) is 4. The van der Waals surface area contributed by atoms with Crippen LogP contribution in [0.5, 0.6) is 0 Å². The zero-order valence-electron chi connectivity index (χ0n) is 15.7. The normalized spacial score (nSPS) is 14.0. The van der Waals surface area contributed by atoms with Crippen LogP contribution in [-0.4, -0.2) is 23.8 Å². The molecule has 1 heterocycles. The summed E-state index contributed by atoms with van der Waals surface area (Å²) >= 11 is 3.18. The van der Waals surface area contributed by atoms with Crippen LogP contribution in [0, 0.1) is 19.3 Å². The highest BCUT2D eigenvalue weighted by Crippen LogP contribution is 2.22. The Bertz CT molecular complexity index is 829. The van der Waals surface area contributed by atoms with Gasteiger partial charge in [0.1, 0.15) is 5.04 Å². The number of hydrogen-bond donors (Lipinski definition) is 1. The highest BCUT2D eigenvalue weighted by atomic mass is 32.2. The average molecular weight is 397 g/mol. The monoisotopic (exact) mass is 396 g/mol. The van der Waals surface area contributed by atoms with Gasteiger partial charge in [-0.1, -0.05) is 48.1 Å². The van der Waals surface area contributed by atoms with E-state index in [0.29, 0.717) is 25.0 Å². The first kappa shape index (κ1) is 21.1. The third kappa shape index (κ3) is 7.16. The molecule has 1 aromatic rings. The van der Waals surface area contributed by atoms with Crippen LogP contribution in [0.15, 0.2) is 64.2 Å². The summed E-state index contributed by atoms with van der Waals surface area (Å²) in [5, 5.41) is 3.74. The fourth-order valence-corrected chi connectivity index (χ4v) is 3.86. The lowest BCUT2D eigenvalue weighted by Crippen LogP contribution is -2.29. The number of carbonyl (C=O) groups excluding carboxylic acids is 1. The van der Waals surface area contributed by atoms with Crippen molar-refractivity contribution in [2.24, 2.45) is 4.99 Å². The molecule has 0 saturated heterocycles. The van der Waals surface area contributed by atoms with Gasteiger partial charge in [0.15, 0.2) is 0 Å². The molecule has 0 unspecified atom stereocenters. The minimum absolute atomic E-state index is 0.102. The number of aryl methyl sites for hydroxylation is 1. The molecule has 1 aromatic carbocycles. The van der Waals surface area contributed by atoms with Gasteiger partial charge in [-0.3, -0.25) is 4.79 Å². The number of allylic oxidation sites excluding steroid dienone is 3. The lowest BCUT2D eigenvalue weighted by atomic mass is 10.2. The van der Waals surface area contributed by atoms with Gasteiger partial charge in [-0.25, -0.2) is 4.99 Å². The molecule has 5 heteroatoms. The Hall–Kier alpha value is -2.16. The minimum Gasteiger partial charge on any atom is -0.347 e. The van der Waals surface area contributed by atoms with Gasteiger partial charge in [0, 0.05) is 29.8 Å². The van der Waals surface area contributed by atoms with Crippen molar-refractivity contribution in [1.82, 2.24) is 5.32 Å². The summed E-state index contributed by atoms with van der Waals surface area (Å²) in [6, 6.07) is 8.38. The lowest BCUT2D eigenvalue weighted by molar-refractivity contribution is -0.116. The maximum atomic E-state index is 12.7. The van der Waals surface area contributed by atoms with E-state index < -0.39 is 0 Å². The van der Waals surface area contributed by atoms with Crippen molar-refractivity contribution in [3.63, 3.8) is 0 Å². The van der Waals surface area contributed by atoms with Crippen molar-refractivity contribution < 1.29 is 4.79 Å². The van der Waals surface area contributed by atoms with E-state index in [4.69, 9.17) is 6.42 Å². The van der Waals surface area contributed by atoms with Crippen LogP contribution in [0.1, 0.15) is 24.0 Å². The maximum absolute atomic E-state index is 12.7. The molecular weight excluding hydrogens is 372 g/mol. The molecule has 140 valence electrons. The number of nitrogens with one attached hydrogen (secondary N) is 1. The van der Waals surface area contributed by atoms with Crippen molar-refractivity contribution >= 4 is 34.5 Å². The summed E-state index contributed by atoms with van der Waals surface area (Å²) in [5.41, 5.74) is 3.08. The number of terminal acetylenes is 1. The van der Waals surface area contributed by atoms with E-state index in [1.807, 2.05) is 24.5 Å². The Labute approximate surface area is 170 Å². The summed E-state index contributed by atoms with van der Waals surface area (Å²) in [5.74, 6) is 3.26. The molecule has 1 N–H and O–H groups in total. The van der Waals surface area contributed by atoms with Gasteiger partial charge < -0.3 is 5.32 Å². The van der Waals surface area contributed by atoms with Gasteiger partial charge in [-0.15, -0.1) is 35.9 Å². The first-order valence-corrected chi connectivity index (χ1v) is 10.9. The quantitative estimate of drug-likeness (QED) is 0.670. The van der Waals surface area contributed by atoms with E-state index in [-0.39, 0.29) is 5.91 Å². The third-order valence-corrected chi connectivity index (χ3v) is 5.73. The smallest absolute Gasteiger partial charge is 0.253 e. The highest BCUT2D eigenvalue weighted by Gasteiger charge is 2.17. The molecule has 0 fully saturated rings. The molecule has 0 radical (unpaired) electrons. The van der Waals surface area contributed by atoms with Crippen LogP contribution >= 0.6 is 23.5 Å². The molecule has 0 saturated carbocycles. The van der Waals surface area contributed by atoms with Crippen LogP contribution in [0.2, 0.25) is 0 Å².